The van der Waals surface area contributed by atoms with Crippen LogP contribution >= 0.6 is 0 Å². The molecule has 40 heavy (non-hydrogen) atoms. The number of anilines is 3. The van der Waals surface area contributed by atoms with Crippen LogP contribution in [0.4, 0.5) is 21.9 Å². The highest BCUT2D eigenvalue weighted by Gasteiger charge is 2.29. The number of urea groups is 1. The van der Waals surface area contributed by atoms with Gasteiger partial charge in [-0.3, -0.25) is 14.4 Å². The van der Waals surface area contributed by atoms with Crippen LogP contribution in [0.1, 0.15) is 59.1 Å². The molecule has 0 spiro atoms. The molecule has 2 aliphatic rings. The van der Waals surface area contributed by atoms with Crippen molar-refractivity contribution >= 4 is 52.4 Å². The van der Waals surface area contributed by atoms with Gasteiger partial charge in [0.25, 0.3) is 5.91 Å². The van der Waals surface area contributed by atoms with Crippen molar-refractivity contribution in [2.24, 2.45) is 0 Å². The molecule has 206 valence electrons. The van der Waals surface area contributed by atoms with Crippen molar-refractivity contribution in [1.82, 2.24) is 4.98 Å². The standard InChI is InChI=1S/C30H30N4O6/c1-3-40-27(36)14-12-20-25(33-24-5-4-6-26(35)28(20)24)16-22-21-15-18(9-13-23(21)34-29(22)37)32-30(38)31-17-7-10-19(39-2)11-8-17/h7-11,13,15-16,33H,3-6,12,14H2,1-2H3,(H,34,37)(H2,31,32,38). The molecule has 2 heterocycles. The van der Waals surface area contributed by atoms with Crippen molar-refractivity contribution in [2.75, 3.05) is 29.7 Å². The molecule has 5 rings (SSSR count). The Bertz CT molecular complexity index is 1520. The molecule has 1 aliphatic carbocycles. The fraction of sp³-hybridized carbons (Fsp3) is 0.267. The van der Waals surface area contributed by atoms with Crippen LogP contribution in [-0.4, -0.2) is 42.4 Å². The summed E-state index contributed by atoms with van der Waals surface area (Å²) in [4.78, 5) is 53.8. The van der Waals surface area contributed by atoms with Crippen molar-refractivity contribution in [1.29, 1.82) is 0 Å². The molecule has 4 N–H and O–H groups in total. The summed E-state index contributed by atoms with van der Waals surface area (Å²) in [6.45, 7) is 2.03. The van der Waals surface area contributed by atoms with Crippen molar-refractivity contribution in [3.63, 3.8) is 0 Å². The van der Waals surface area contributed by atoms with Crippen LogP contribution in [0.25, 0.3) is 11.6 Å². The van der Waals surface area contributed by atoms with E-state index in [0.717, 1.165) is 24.1 Å². The first-order valence-electron chi connectivity index (χ1n) is 13.2. The topological polar surface area (TPSA) is 139 Å². The van der Waals surface area contributed by atoms with E-state index >= 15 is 0 Å². The molecule has 10 nitrogen and oxygen atoms in total. The molecule has 0 bridgehead atoms. The number of Topliss-reactive ketones (excluding diaryl/α,β-unsaturated/α-hetero) is 1. The maximum atomic E-state index is 13.0. The van der Waals surface area contributed by atoms with E-state index in [2.05, 4.69) is 20.9 Å². The second kappa shape index (κ2) is 11.5. The SMILES string of the molecule is CCOC(=O)CCc1c(C=C2C(=O)Nc3ccc(NC(=O)Nc4ccc(OC)cc4)cc32)[nH]c2c1C(=O)CCC2. The van der Waals surface area contributed by atoms with Gasteiger partial charge in [-0.2, -0.15) is 0 Å². The number of H-pyrrole nitrogens is 1. The number of nitrogens with one attached hydrogen (secondary N) is 4. The Morgan fingerprint density at radius 1 is 1.02 bits per heavy atom. The maximum Gasteiger partial charge on any atom is 0.323 e. The summed E-state index contributed by atoms with van der Waals surface area (Å²) >= 11 is 0. The van der Waals surface area contributed by atoms with Gasteiger partial charge in [-0.25, -0.2) is 4.79 Å². The van der Waals surface area contributed by atoms with Crippen LogP contribution in [-0.2, 0) is 27.2 Å². The number of fused-ring (bicyclic) bond motifs is 2. The van der Waals surface area contributed by atoms with Crippen molar-refractivity contribution in [3.8, 4) is 5.75 Å². The van der Waals surface area contributed by atoms with E-state index in [0.29, 0.717) is 58.0 Å². The number of benzene rings is 2. The Hall–Kier alpha value is -4.86. The largest absolute Gasteiger partial charge is 0.497 e. The van der Waals surface area contributed by atoms with Gasteiger partial charge in [0.2, 0.25) is 0 Å². The third kappa shape index (κ3) is 5.61. The zero-order chi connectivity index (χ0) is 28.2. The van der Waals surface area contributed by atoms with E-state index in [9.17, 15) is 19.2 Å². The Morgan fingerprint density at radius 2 is 1.77 bits per heavy atom. The number of carbonyl (C=O) groups excluding carboxylic acids is 4. The minimum atomic E-state index is -0.440. The van der Waals surface area contributed by atoms with Gasteiger partial charge in [-0.05, 0) is 80.3 Å². The lowest BCUT2D eigenvalue weighted by Crippen LogP contribution is -2.19. The van der Waals surface area contributed by atoms with Gasteiger partial charge in [0.15, 0.2) is 5.78 Å². The number of ether oxygens (including phenoxy) is 2. The summed E-state index contributed by atoms with van der Waals surface area (Å²) < 4.78 is 10.2. The second-order valence-corrected chi connectivity index (χ2v) is 9.53. The fourth-order valence-corrected chi connectivity index (χ4v) is 5.06. The molecule has 0 unspecified atom stereocenters. The maximum absolute atomic E-state index is 13.0. The Labute approximate surface area is 231 Å². The Kier molecular flexibility index (Phi) is 7.68. The van der Waals surface area contributed by atoms with Crippen molar-refractivity contribution in [3.05, 3.63) is 70.5 Å². The Morgan fingerprint density at radius 3 is 2.52 bits per heavy atom. The first-order valence-corrected chi connectivity index (χ1v) is 13.2. The lowest BCUT2D eigenvalue weighted by molar-refractivity contribution is -0.143. The highest BCUT2D eigenvalue weighted by molar-refractivity contribution is 6.35. The molecule has 0 radical (unpaired) electrons. The summed E-state index contributed by atoms with van der Waals surface area (Å²) in [5.41, 5.74) is 5.48. The molecule has 3 amide bonds. The molecular weight excluding hydrogens is 512 g/mol. The van der Waals surface area contributed by atoms with Gasteiger partial charge in [-0.1, -0.05) is 0 Å². The van der Waals surface area contributed by atoms with E-state index < -0.39 is 6.03 Å². The van der Waals surface area contributed by atoms with Gasteiger partial charge < -0.3 is 30.4 Å². The minimum Gasteiger partial charge on any atom is -0.497 e. The molecule has 10 heteroatoms. The number of aromatic amines is 1. The van der Waals surface area contributed by atoms with Gasteiger partial charge >= 0.3 is 12.0 Å². The molecular formula is C30H30N4O6. The number of aromatic nitrogens is 1. The average molecular weight is 543 g/mol. The molecule has 2 aromatic carbocycles. The number of esters is 1. The summed E-state index contributed by atoms with van der Waals surface area (Å²) in [6, 6.07) is 11.6. The van der Waals surface area contributed by atoms with Gasteiger partial charge in [0.05, 0.1) is 19.3 Å². The van der Waals surface area contributed by atoms with Gasteiger partial charge in [0.1, 0.15) is 5.75 Å². The zero-order valence-corrected chi connectivity index (χ0v) is 22.3. The van der Waals surface area contributed by atoms with E-state index in [1.807, 2.05) is 0 Å². The van der Waals surface area contributed by atoms with E-state index in [1.165, 1.54) is 0 Å². The quantitative estimate of drug-likeness (QED) is 0.229. The number of aryl methyl sites for hydroxylation is 1. The number of methoxy groups -OCH3 is 1. The molecule has 1 aromatic heterocycles. The van der Waals surface area contributed by atoms with Crippen LogP contribution in [0, 0.1) is 0 Å². The fourth-order valence-electron chi connectivity index (χ4n) is 5.06. The number of hydrogen-bond acceptors (Lipinski definition) is 6. The highest BCUT2D eigenvalue weighted by atomic mass is 16.5. The van der Waals surface area contributed by atoms with Crippen molar-refractivity contribution < 1.29 is 28.7 Å². The van der Waals surface area contributed by atoms with Crippen LogP contribution < -0.4 is 20.7 Å². The summed E-state index contributed by atoms with van der Waals surface area (Å²) in [5, 5.41) is 8.41. The van der Waals surface area contributed by atoms with Gasteiger partial charge in [-0.15, -0.1) is 0 Å². The lowest BCUT2D eigenvalue weighted by atomic mass is 9.91. The highest BCUT2D eigenvalue weighted by Crippen LogP contribution is 2.37. The monoisotopic (exact) mass is 542 g/mol. The average Bonchev–Trinajstić information content (AvgIpc) is 3.45. The molecule has 3 aromatic rings. The molecule has 0 saturated heterocycles. The van der Waals surface area contributed by atoms with Crippen LogP contribution in [0.5, 0.6) is 5.75 Å². The number of amides is 3. The normalized spacial score (nSPS) is 14.8. The summed E-state index contributed by atoms with van der Waals surface area (Å²) in [5.74, 6) is 0.0704. The van der Waals surface area contributed by atoms with Crippen molar-refractivity contribution in [2.45, 2.75) is 39.0 Å². The Balaban J connectivity index is 1.41. The van der Waals surface area contributed by atoms with E-state index in [1.54, 1.807) is 62.6 Å². The first-order chi connectivity index (χ1) is 19.4. The van der Waals surface area contributed by atoms with E-state index in [-0.39, 0.29) is 30.7 Å². The van der Waals surface area contributed by atoms with Gasteiger partial charge in [0, 0.05) is 52.4 Å². The molecule has 0 saturated carbocycles. The molecule has 1 aliphatic heterocycles. The minimum absolute atomic E-state index is 0.0339. The molecule has 0 fully saturated rings. The van der Waals surface area contributed by atoms with Crippen LogP contribution in [0.3, 0.4) is 0 Å². The van der Waals surface area contributed by atoms with Crippen LogP contribution in [0.15, 0.2) is 42.5 Å². The molecule has 0 atom stereocenters. The third-order valence-corrected chi connectivity index (χ3v) is 6.91. The van der Waals surface area contributed by atoms with E-state index in [4.69, 9.17) is 9.47 Å². The lowest BCUT2D eigenvalue weighted by Gasteiger charge is -2.11. The third-order valence-electron chi connectivity index (χ3n) is 6.91. The summed E-state index contributed by atoms with van der Waals surface area (Å²) in [7, 11) is 1.57. The van der Waals surface area contributed by atoms with Crippen LogP contribution in [0.2, 0.25) is 0 Å². The second-order valence-electron chi connectivity index (χ2n) is 9.53. The predicted octanol–water partition coefficient (Wildman–Crippen LogP) is 5.17. The number of carbonyl (C=O) groups is 4. The zero-order valence-electron chi connectivity index (χ0n) is 22.3. The number of ketones is 1. The first kappa shape index (κ1) is 26.7. The summed E-state index contributed by atoms with van der Waals surface area (Å²) in [6.07, 6.45) is 4.07. The number of rotatable bonds is 8. The predicted molar refractivity (Wildman–Crippen MR) is 152 cm³/mol. The smallest absolute Gasteiger partial charge is 0.323 e. The number of hydrogen-bond donors (Lipinski definition) is 4.